The average Bonchev–Trinajstić information content (AvgIpc) is 2.96. The molecule has 0 unspecified atom stereocenters. The van der Waals surface area contributed by atoms with Gasteiger partial charge >= 0.3 is 0 Å². The fourth-order valence-corrected chi connectivity index (χ4v) is 2.90. The molecule has 142 valence electrons. The zero-order valence-electron chi connectivity index (χ0n) is 16.2. The first kappa shape index (κ1) is 20.1. The zero-order chi connectivity index (χ0) is 18.9. The Morgan fingerprint density at radius 3 is 2.62 bits per heavy atom. The van der Waals surface area contributed by atoms with Crippen LogP contribution in [-0.2, 0) is 23.0 Å². The Balaban J connectivity index is 1.71. The molecule has 0 saturated heterocycles. The van der Waals surface area contributed by atoms with Gasteiger partial charge in [0.2, 0.25) is 5.91 Å². The van der Waals surface area contributed by atoms with Gasteiger partial charge < -0.3 is 14.6 Å². The normalized spacial score (nSPS) is 12.3. The van der Waals surface area contributed by atoms with Crippen LogP contribution in [0.2, 0.25) is 0 Å². The molecular formula is C20H30N4O2. The third kappa shape index (κ3) is 6.26. The first-order chi connectivity index (χ1) is 12.5. The van der Waals surface area contributed by atoms with Crippen LogP contribution in [0.3, 0.4) is 0 Å². The maximum Gasteiger partial charge on any atom is 0.222 e. The van der Waals surface area contributed by atoms with E-state index in [2.05, 4.69) is 36.3 Å². The van der Waals surface area contributed by atoms with Crippen molar-refractivity contribution >= 4 is 5.91 Å². The molecule has 1 aromatic carbocycles. The van der Waals surface area contributed by atoms with E-state index in [0.717, 1.165) is 23.6 Å². The molecule has 2 aromatic rings. The zero-order valence-corrected chi connectivity index (χ0v) is 16.2. The number of nitrogens with one attached hydrogen (secondary N) is 1. The van der Waals surface area contributed by atoms with Crippen LogP contribution in [0, 0.1) is 5.92 Å². The summed E-state index contributed by atoms with van der Waals surface area (Å²) in [4.78, 5) is 11.9. The van der Waals surface area contributed by atoms with Crippen molar-refractivity contribution in [3.05, 3.63) is 36.2 Å². The minimum absolute atomic E-state index is 0.00666. The van der Waals surface area contributed by atoms with Crippen LogP contribution in [0.25, 0.3) is 11.4 Å². The number of ether oxygens (including phenoxy) is 1. The Morgan fingerprint density at radius 1 is 1.19 bits per heavy atom. The van der Waals surface area contributed by atoms with Gasteiger partial charge in [-0.1, -0.05) is 44.2 Å². The third-order valence-corrected chi connectivity index (χ3v) is 4.20. The molecule has 1 heterocycles. The summed E-state index contributed by atoms with van der Waals surface area (Å²) in [5, 5.41) is 11.4. The number of benzene rings is 1. The Kier molecular flexibility index (Phi) is 7.78. The molecule has 6 heteroatoms. The molecule has 0 spiro atoms. The van der Waals surface area contributed by atoms with Crippen LogP contribution in [0.1, 0.15) is 39.4 Å². The smallest absolute Gasteiger partial charge is 0.222 e. The highest BCUT2D eigenvalue weighted by molar-refractivity contribution is 5.75. The second-order valence-corrected chi connectivity index (χ2v) is 7.03. The van der Waals surface area contributed by atoms with Gasteiger partial charge in [-0.15, -0.1) is 10.2 Å². The lowest BCUT2D eigenvalue weighted by Crippen LogP contribution is -2.27. The number of carbonyl (C=O) groups is 1. The predicted molar refractivity (Wildman–Crippen MR) is 103 cm³/mol. The lowest BCUT2D eigenvalue weighted by molar-refractivity contribution is -0.122. The number of nitrogens with zero attached hydrogens (tertiary/aromatic N) is 3. The second-order valence-electron chi connectivity index (χ2n) is 7.03. The van der Waals surface area contributed by atoms with Gasteiger partial charge in [0.1, 0.15) is 5.82 Å². The molecule has 0 radical (unpaired) electrons. The molecule has 0 aliphatic carbocycles. The van der Waals surface area contributed by atoms with Gasteiger partial charge in [0.25, 0.3) is 0 Å². The molecule has 0 fully saturated rings. The van der Waals surface area contributed by atoms with Crippen molar-refractivity contribution in [2.24, 2.45) is 13.0 Å². The van der Waals surface area contributed by atoms with E-state index < -0.39 is 0 Å². The Labute approximate surface area is 156 Å². The van der Waals surface area contributed by atoms with Crippen molar-refractivity contribution < 1.29 is 9.53 Å². The highest BCUT2D eigenvalue weighted by Gasteiger charge is 2.11. The van der Waals surface area contributed by atoms with Gasteiger partial charge in [-0.25, -0.2) is 0 Å². The monoisotopic (exact) mass is 358 g/mol. The molecule has 1 amide bonds. The van der Waals surface area contributed by atoms with E-state index in [-0.39, 0.29) is 12.0 Å². The maximum atomic E-state index is 11.9. The number of hydrogen-bond donors (Lipinski definition) is 1. The number of hydrogen-bond acceptors (Lipinski definition) is 4. The SMILES string of the molecule is CC(C)C[C@@H](C)OCCC(=O)NCCc1nnc(-c2ccccc2)n1C. The number of aromatic nitrogens is 3. The second kappa shape index (κ2) is 10.1. The lowest BCUT2D eigenvalue weighted by Gasteiger charge is -2.14. The Bertz CT molecular complexity index is 682. The van der Waals surface area contributed by atoms with Gasteiger partial charge in [0.15, 0.2) is 5.82 Å². The maximum absolute atomic E-state index is 11.9. The largest absolute Gasteiger partial charge is 0.378 e. The standard InChI is InChI=1S/C20H30N4O2/c1-15(2)14-16(3)26-13-11-19(25)21-12-10-18-22-23-20(24(18)4)17-8-6-5-7-9-17/h5-9,15-16H,10-14H2,1-4H3,(H,21,25)/t16-/m1/s1. The van der Waals surface area contributed by atoms with E-state index >= 15 is 0 Å². The topological polar surface area (TPSA) is 69.0 Å². The van der Waals surface area contributed by atoms with Crippen molar-refractivity contribution in [2.75, 3.05) is 13.2 Å². The summed E-state index contributed by atoms with van der Waals surface area (Å²) < 4.78 is 7.64. The van der Waals surface area contributed by atoms with Gasteiger partial charge in [-0.2, -0.15) is 0 Å². The van der Waals surface area contributed by atoms with E-state index in [1.54, 1.807) is 0 Å². The van der Waals surface area contributed by atoms with Crippen molar-refractivity contribution in [3.63, 3.8) is 0 Å². The minimum Gasteiger partial charge on any atom is -0.378 e. The van der Waals surface area contributed by atoms with Crippen LogP contribution in [0.5, 0.6) is 0 Å². The molecule has 1 N–H and O–H groups in total. The van der Waals surface area contributed by atoms with Gasteiger partial charge in [-0.05, 0) is 19.3 Å². The van der Waals surface area contributed by atoms with Crippen molar-refractivity contribution in [1.82, 2.24) is 20.1 Å². The van der Waals surface area contributed by atoms with Gasteiger partial charge in [-0.3, -0.25) is 4.79 Å². The molecule has 0 aliphatic heterocycles. The van der Waals surface area contributed by atoms with Crippen molar-refractivity contribution in [1.29, 1.82) is 0 Å². The molecule has 6 nitrogen and oxygen atoms in total. The van der Waals surface area contributed by atoms with Gasteiger partial charge in [0, 0.05) is 32.0 Å². The summed E-state index contributed by atoms with van der Waals surface area (Å²) in [5.74, 6) is 2.30. The highest BCUT2D eigenvalue weighted by atomic mass is 16.5. The van der Waals surface area contributed by atoms with Crippen LogP contribution in [-0.4, -0.2) is 39.9 Å². The summed E-state index contributed by atoms with van der Waals surface area (Å²) in [5.41, 5.74) is 1.03. The third-order valence-electron chi connectivity index (χ3n) is 4.20. The van der Waals surface area contributed by atoms with Crippen LogP contribution in [0.4, 0.5) is 0 Å². The molecule has 1 atom stereocenters. The molecule has 1 aromatic heterocycles. The number of amides is 1. The van der Waals surface area contributed by atoms with E-state index in [0.29, 0.717) is 31.9 Å². The Hall–Kier alpha value is -2.21. The van der Waals surface area contributed by atoms with Crippen LogP contribution < -0.4 is 5.32 Å². The first-order valence-electron chi connectivity index (χ1n) is 9.29. The van der Waals surface area contributed by atoms with Crippen LogP contribution in [0.15, 0.2) is 30.3 Å². The first-order valence-corrected chi connectivity index (χ1v) is 9.29. The quantitative estimate of drug-likeness (QED) is 0.709. The molecule has 26 heavy (non-hydrogen) atoms. The number of rotatable bonds is 10. The molecule has 0 saturated carbocycles. The van der Waals surface area contributed by atoms with E-state index in [9.17, 15) is 4.79 Å². The molecule has 0 aliphatic rings. The molecule has 0 bridgehead atoms. The fraction of sp³-hybridized carbons (Fsp3) is 0.550. The lowest BCUT2D eigenvalue weighted by atomic mass is 10.1. The van der Waals surface area contributed by atoms with Crippen molar-refractivity contribution in [2.45, 2.75) is 46.1 Å². The highest BCUT2D eigenvalue weighted by Crippen LogP contribution is 2.16. The summed E-state index contributed by atoms with van der Waals surface area (Å²) in [6.45, 7) is 7.39. The van der Waals surface area contributed by atoms with E-state index in [4.69, 9.17) is 4.74 Å². The van der Waals surface area contributed by atoms with Crippen LogP contribution >= 0.6 is 0 Å². The summed E-state index contributed by atoms with van der Waals surface area (Å²) in [6, 6.07) is 9.96. The number of carbonyl (C=O) groups excluding carboxylic acids is 1. The predicted octanol–water partition coefficient (Wildman–Crippen LogP) is 2.98. The van der Waals surface area contributed by atoms with Gasteiger partial charge in [0.05, 0.1) is 12.7 Å². The average molecular weight is 358 g/mol. The summed E-state index contributed by atoms with van der Waals surface area (Å²) in [6.07, 6.45) is 2.23. The van der Waals surface area contributed by atoms with Crippen molar-refractivity contribution in [3.8, 4) is 11.4 Å². The molecule has 2 rings (SSSR count). The minimum atomic E-state index is 0.00666. The molecular weight excluding hydrogens is 328 g/mol. The fourth-order valence-electron chi connectivity index (χ4n) is 2.90. The summed E-state index contributed by atoms with van der Waals surface area (Å²) in [7, 11) is 1.95. The van der Waals surface area contributed by atoms with E-state index in [1.807, 2.05) is 41.9 Å². The summed E-state index contributed by atoms with van der Waals surface area (Å²) >= 11 is 0. The Morgan fingerprint density at radius 2 is 1.92 bits per heavy atom. The van der Waals surface area contributed by atoms with E-state index in [1.165, 1.54) is 0 Å².